The van der Waals surface area contributed by atoms with Crippen molar-refractivity contribution in [3.8, 4) is 0 Å². The number of nitrogens with zero attached hydrogens (tertiary/aromatic N) is 1. The number of ether oxygens (including phenoxy) is 2. The smallest absolute Gasteiger partial charge is 0.407 e. The molecule has 1 rings (SSSR count). The number of likely N-dealkylation sites (N-methyl/N-ethyl adjacent to an activating group) is 1. The molecule has 0 saturated carbocycles. The lowest BCUT2D eigenvalue weighted by molar-refractivity contribution is -0.135. The van der Waals surface area contributed by atoms with Crippen LogP contribution < -0.4 is 21.3 Å². The molecule has 13 heteroatoms. The molecule has 0 bridgehead atoms. The van der Waals surface area contributed by atoms with Crippen molar-refractivity contribution in [3.05, 3.63) is 12.2 Å². The average molecular weight is 514 g/mol. The maximum absolute atomic E-state index is 12.3. The number of carbonyl (C=O) groups excluding carboxylic acids is 6. The van der Waals surface area contributed by atoms with E-state index in [1.54, 1.807) is 13.8 Å². The Bertz CT molecular complexity index is 754. The largest absolute Gasteiger partial charge is 0.450 e. The molecular formula is C23H39N5O8. The van der Waals surface area contributed by atoms with E-state index in [1.165, 1.54) is 19.2 Å². The van der Waals surface area contributed by atoms with Crippen LogP contribution in [-0.4, -0.2) is 86.7 Å². The van der Waals surface area contributed by atoms with Crippen LogP contribution in [0.3, 0.4) is 0 Å². The van der Waals surface area contributed by atoms with E-state index in [-0.39, 0.29) is 36.8 Å². The number of hydrogen-bond acceptors (Lipinski definition) is 8. The molecule has 0 spiro atoms. The highest BCUT2D eigenvalue weighted by Crippen LogP contribution is 2.02. The van der Waals surface area contributed by atoms with Crippen LogP contribution in [0.15, 0.2) is 12.2 Å². The molecule has 0 radical (unpaired) electrons. The Balaban J connectivity index is 0.00000128. The summed E-state index contributed by atoms with van der Waals surface area (Å²) in [7, 11) is 1.45. The van der Waals surface area contributed by atoms with Crippen LogP contribution in [0.2, 0.25) is 0 Å². The third-order valence-electron chi connectivity index (χ3n) is 4.60. The number of nitrogens with one attached hydrogen (secondary N) is 4. The van der Waals surface area contributed by atoms with Gasteiger partial charge in [0.05, 0.1) is 13.2 Å². The zero-order chi connectivity index (χ0) is 27.3. The molecule has 0 saturated heterocycles. The molecule has 1 unspecified atom stereocenters. The van der Waals surface area contributed by atoms with Crippen LogP contribution in [-0.2, 0) is 28.7 Å². The second-order valence-electron chi connectivity index (χ2n) is 7.52. The first-order valence-electron chi connectivity index (χ1n) is 12.0. The topological polar surface area (TPSA) is 172 Å². The van der Waals surface area contributed by atoms with Gasteiger partial charge in [0.15, 0.2) is 0 Å². The van der Waals surface area contributed by atoms with Crippen LogP contribution in [0.25, 0.3) is 0 Å². The lowest BCUT2D eigenvalue weighted by Gasteiger charge is -2.18. The lowest BCUT2D eigenvalue weighted by Crippen LogP contribution is -2.48. The van der Waals surface area contributed by atoms with Gasteiger partial charge in [-0.2, -0.15) is 0 Å². The summed E-state index contributed by atoms with van der Waals surface area (Å²) in [4.78, 5) is 68.4. The van der Waals surface area contributed by atoms with Crippen molar-refractivity contribution in [2.24, 2.45) is 0 Å². The normalized spacial score (nSPS) is 12.7. The molecule has 36 heavy (non-hydrogen) atoms. The molecule has 13 nitrogen and oxygen atoms in total. The van der Waals surface area contributed by atoms with E-state index in [1.807, 2.05) is 6.92 Å². The fourth-order valence-electron chi connectivity index (χ4n) is 2.73. The van der Waals surface area contributed by atoms with Gasteiger partial charge < -0.3 is 30.7 Å². The number of carbonyl (C=O) groups is 6. The minimum absolute atomic E-state index is 0.0629. The van der Waals surface area contributed by atoms with Crippen molar-refractivity contribution in [1.29, 1.82) is 0 Å². The number of alkyl carbamates (subject to hydrolysis) is 2. The standard InChI is InChI=1S/C18H34N4O6.C5H5NO2/c1-4-9-15(23)19-12-13-20-16(24)14(22-18(26)28-6-3)10-7-8-11-21-17(25)27-5-2;1-6-4(7)2-3-5(6)8/h14H,4-13H2,1-3H3,(H,19,23)(H,20,24)(H,21,25)(H,22,26);2-3H,1H3. The van der Waals surface area contributed by atoms with Crippen molar-refractivity contribution in [3.63, 3.8) is 0 Å². The molecule has 4 N–H and O–H groups in total. The maximum Gasteiger partial charge on any atom is 0.407 e. The fourth-order valence-corrected chi connectivity index (χ4v) is 2.73. The van der Waals surface area contributed by atoms with Crippen molar-refractivity contribution >= 4 is 35.8 Å². The van der Waals surface area contributed by atoms with Crippen molar-refractivity contribution in [1.82, 2.24) is 26.2 Å². The Morgan fingerprint density at radius 2 is 1.42 bits per heavy atom. The molecule has 0 aromatic heterocycles. The van der Waals surface area contributed by atoms with E-state index in [0.29, 0.717) is 45.4 Å². The summed E-state index contributed by atoms with van der Waals surface area (Å²) in [6, 6.07) is -0.756. The van der Waals surface area contributed by atoms with Gasteiger partial charge in [-0.1, -0.05) is 6.92 Å². The summed E-state index contributed by atoms with van der Waals surface area (Å²) in [6.45, 7) is 6.81. The van der Waals surface area contributed by atoms with Crippen molar-refractivity contribution in [2.75, 3.05) is 39.9 Å². The third kappa shape index (κ3) is 15.3. The molecule has 1 heterocycles. The zero-order valence-electron chi connectivity index (χ0n) is 21.5. The van der Waals surface area contributed by atoms with E-state index in [4.69, 9.17) is 9.47 Å². The minimum atomic E-state index is -0.756. The van der Waals surface area contributed by atoms with Crippen LogP contribution in [0.4, 0.5) is 9.59 Å². The first-order valence-corrected chi connectivity index (χ1v) is 12.0. The summed E-state index contributed by atoms with van der Waals surface area (Å²) < 4.78 is 9.59. The van der Waals surface area contributed by atoms with E-state index in [0.717, 1.165) is 11.3 Å². The highest BCUT2D eigenvalue weighted by Gasteiger charge is 2.21. The molecule has 1 atom stereocenters. The monoisotopic (exact) mass is 513 g/mol. The van der Waals surface area contributed by atoms with Gasteiger partial charge in [-0.3, -0.25) is 24.1 Å². The molecule has 0 aliphatic carbocycles. The van der Waals surface area contributed by atoms with Crippen LogP contribution in [0, 0.1) is 0 Å². The zero-order valence-corrected chi connectivity index (χ0v) is 21.5. The van der Waals surface area contributed by atoms with Crippen LogP contribution in [0.5, 0.6) is 0 Å². The Kier molecular flexibility index (Phi) is 17.7. The van der Waals surface area contributed by atoms with Crippen molar-refractivity contribution in [2.45, 2.75) is 58.9 Å². The summed E-state index contributed by atoms with van der Waals surface area (Å²) in [6.07, 6.45) is 4.18. The molecule has 1 aliphatic heterocycles. The first-order chi connectivity index (χ1) is 17.2. The quantitative estimate of drug-likeness (QED) is 0.193. The summed E-state index contributed by atoms with van der Waals surface area (Å²) in [5.41, 5.74) is 0. The summed E-state index contributed by atoms with van der Waals surface area (Å²) in [5.74, 6) is -0.895. The second kappa shape index (κ2) is 19.6. The molecule has 0 fully saturated rings. The molecular weight excluding hydrogens is 474 g/mol. The predicted molar refractivity (Wildman–Crippen MR) is 131 cm³/mol. The summed E-state index contributed by atoms with van der Waals surface area (Å²) in [5, 5.41) is 10.5. The van der Waals surface area contributed by atoms with Gasteiger partial charge >= 0.3 is 12.2 Å². The van der Waals surface area contributed by atoms with Crippen molar-refractivity contribution < 1.29 is 38.2 Å². The Labute approximate surface area is 211 Å². The Morgan fingerprint density at radius 3 is 1.94 bits per heavy atom. The van der Waals surface area contributed by atoms with Gasteiger partial charge in [0, 0.05) is 45.3 Å². The number of amides is 6. The first kappa shape index (κ1) is 32.4. The second-order valence-corrected chi connectivity index (χ2v) is 7.52. The van der Waals surface area contributed by atoms with Gasteiger partial charge in [-0.15, -0.1) is 0 Å². The highest BCUT2D eigenvalue weighted by atomic mass is 16.6. The van der Waals surface area contributed by atoms with Gasteiger partial charge in [0.25, 0.3) is 11.8 Å². The number of unbranched alkanes of at least 4 members (excludes halogenated alkanes) is 1. The third-order valence-corrected chi connectivity index (χ3v) is 4.60. The maximum atomic E-state index is 12.3. The van der Waals surface area contributed by atoms with Gasteiger partial charge in [-0.25, -0.2) is 9.59 Å². The number of hydrogen-bond donors (Lipinski definition) is 4. The average Bonchev–Trinajstić information content (AvgIpc) is 3.12. The number of rotatable bonds is 14. The van der Waals surface area contributed by atoms with E-state index >= 15 is 0 Å². The van der Waals surface area contributed by atoms with E-state index < -0.39 is 18.2 Å². The number of imide groups is 1. The van der Waals surface area contributed by atoms with Gasteiger partial charge in [0.1, 0.15) is 6.04 Å². The Hall–Kier alpha value is -3.64. The molecule has 0 aromatic carbocycles. The summed E-state index contributed by atoms with van der Waals surface area (Å²) >= 11 is 0. The molecule has 1 aliphatic rings. The van der Waals surface area contributed by atoms with Gasteiger partial charge in [0.2, 0.25) is 11.8 Å². The fraction of sp³-hybridized carbons (Fsp3) is 0.652. The highest BCUT2D eigenvalue weighted by molar-refractivity contribution is 6.12. The lowest BCUT2D eigenvalue weighted by atomic mass is 10.1. The van der Waals surface area contributed by atoms with Gasteiger partial charge in [-0.05, 0) is 39.5 Å². The minimum Gasteiger partial charge on any atom is -0.450 e. The molecule has 204 valence electrons. The molecule has 6 amide bonds. The van der Waals surface area contributed by atoms with Crippen LogP contribution in [0.1, 0.15) is 52.9 Å². The Morgan fingerprint density at radius 1 is 0.833 bits per heavy atom. The van der Waals surface area contributed by atoms with E-state index in [2.05, 4.69) is 21.3 Å². The van der Waals surface area contributed by atoms with E-state index in [9.17, 15) is 28.8 Å². The molecule has 0 aromatic rings. The predicted octanol–water partition coefficient (Wildman–Crippen LogP) is 0.591. The van der Waals surface area contributed by atoms with Crippen LogP contribution >= 0.6 is 0 Å². The SMILES string of the molecule is CCCC(=O)NCCNC(=O)C(CCCCNC(=O)OCC)NC(=O)OCC.CN1C(=O)C=CC1=O.